The lowest BCUT2D eigenvalue weighted by molar-refractivity contribution is -0.159. The van der Waals surface area contributed by atoms with E-state index in [0.717, 1.165) is 16.0 Å². The zero-order chi connectivity index (χ0) is 29.2. The van der Waals surface area contributed by atoms with Crippen molar-refractivity contribution in [1.29, 1.82) is 0 Å². The van der Waals surface area contributed by atoms with E-state index in [9.17, 15) is 14.4 Å². The van der Waals surface area contributed by atoms with E-state index in [0.29, 0.717) is 27.3 Å². The minimum Gasteiger partial charge on any atom is -0.459 e. The van der Waals surface area contributed by atoms with Crippen LogP contribution in [0.15, 0.2) is 103 Å². The van der Waals surface area contributed by atoms with Crippen LogP contribution in [-0.4, -0.2) is 28.7 Å². The number of hydrogen-bond acceptors (Lipinski definition) is 4. The monoisotopic (exact) mass is 615 g/mol. The van der Waals surface area contributed by atoms with Gasteiger partial charge in [-0.05, 0) is 45.5 Å². The molecule has 0 radical (unpaired) electrons. The Labute approximate surface area is 258 Å². The first-order valence-electron chi connectivity index (χ1n) is 13.7. The number of imide groups is 1. The molecule has 42 heavy (non-hydrogen) atoms. The molecule has 0 spiro atoms. The van der Waals surface area contributed by atoms with Gasteiger partial charge in [-0.2, -0.15) is 0 Å². The standard InChI is InChI=1S/C34H24Cl3NO4/c35-22-16-14-21(15-17-22)19-42-32(41)27(18-20-8-2-1-3-9-20)38-30(39)28-29(31(38)40)34(37)24-11-5-4-10-23(24)33(28,36)25-12-6-7-13-26(25)34/h1-17,27-29H,18-19H2/t27-,28-,29-,33?,34?/m0/s1. The number of ether oxygens (including phenoxy) is 1. The van der Waals surface area contributed by atoms with Gasteiger partial charge in [-0.25, -0.2) is 4.79 Å². The molecular weight excluding hydrogens is 593 g/mol. The largest absolute Gasteiger partial charge is 0.459 e. The van der Waals surface area contributed by atoms with E-state index in [2.05, 4.69) is 0 Å². The van der Waals surface area contributed by atoms with Crippen LogP contribution in [0.4, 0.5) is 0 Å². The summed E-state index contributed by atoms with van der Waals surface area (Å²) in [6.07, 6.45) is 0.0850. The molecule has 0 saturated carbocycles. The summed E-state index contributed by atoms with van der Waals surface area (Å²) < 4.78 is 5.71. The van der Waals surface area contributed by atoms with Crippen molar-refractivity contribution in [3.8, 4) is 0 Å². The molecule has 0 aromatic heterocycles. The highest BCUT2D eigenvalue weighted by Gasteiger charge is 2.73. The second kappa shape index (κ2) is 9.98. The van der Waals surface area contributed by atoms with Gasteiger partial charge in [-0.3, -0.25) is 14.5 Å². The van der Waals surface area contributed by atoms with Crippen LogP contribution in [0.2, 0.25) is 5.02 Å². The average Bonchev–Trinajstić information content (AvgIpc) is 3.29. The third kappa shape index (κ3) is 3.80. The smallest absolute Gasteiger partial charge is 0.330 e. The molecule has 2 bridgehead atoms. The number of nitrogens with zero attached hydrogens (tertiary/aromatic N) is 1. The van der Waals surface area contributed by atoms with E-state index < -0.39 is 45.4 Å². The van der Waals surface area contributed by atoms with Crippen molar-refractivity contribution in [2.45, 2.75) is 28.8 Å². The summed E-state index contributed by atoms with van der Waals surface area (Å²) in [5, 5.41) is 0.560. The van der Waals surface area contributed by atoms with Crippen molar-refractivity contribution >= 4 is 52.6 Å². The molecule has 4 aliphatic rings. The van der Waals surface area contributed by atoms with Crippen LogP contribution >= 0.6 is 34.8 Å². The Kier molecular flexibility index (Phi) is 6.46. The molecule has 1 saturated heterocycles. The second-order valence-electron chi connectivity index (χ2n) is 11.0. The van der Waals surface area contributed by atoms with E-state index in [1.165, 1.54) is 0 Å². The molecule has 4 aromatic carbocycles. The van der Waals surface area contributed by atoms with Crippen molar-refractivity contribution in [3.63, 3.8) is 0 Å². The van der Waals surface area contributed by atoms with Gasteiger partial charge in [0, 0.05) is 11.4 Å². The highest BCUT2D eigenvalue weighted by atomic mass is 35.5. The summed E-state index contributed by atoms with van der Waals surface area (Å²) in [7, 11) is 0. The van der Waals surface area contributed by atoms with Crippen LogP contribution in [0.5, 0.6) is 0 Å². The molecule has 4 aromatic rings. The number of likely N-dealkylation sites (tertiary alicyclic amines) is 1. The minimum absolute atomic E-state index is 0.0415. The zero-order valence-electron chi connectivity index (χ0n) is 22.2. The summed E-state index contributed by atoms with van der Waals surface area (Å²) >= 11 is 21.1. The van der Waals surface area contributed by atoms with Gasteiger partial charge in [0.2, 0.25) is 11.8 Å². The quantitative estimate of drug-likeness (QED) is 0.139. The number of halogens is 3. The number of hydrogen-bond donors (Lipinski definition) is 0. The Balaban J connectivity index is 1.32. The van der Waals surface area contributed by atoms with E-state index in [1.807, 2.05) is 78.9 Å². The summed E-state index contributed by atoms with van der Waals surface area (Å²) in [5.74, 6) is -3.76. The average molecular weight is 617 g/mol. The molecule has 1 fully saturated rings. The van der Waals surface area contributed by atoms with E-state index in [1.54, 1.807) is 24.3 Å². The van der Waals surface area contributed by atoms with Crippen molar-refractivity contribution in [1.82, 2.24) is 4.90 Å². The Morgan fingerprint density at radius 2 is 1.14 bits per heavy atom. The molecule has 210 valence electrons. The Morgan fingerprint density at radius 1 is 0.690 bits per heavy atom. The second-order valence-corrected chi connectivity index (χ2v) is 12.6. The number of carbonyl (C=O) groups excluding carboxylic acids is 3. The topological polar surface area (TPSA) is 63.7 Å². The SMILES string of the molecule is O=C(OCc1ccc(Cl)cc1)[C@H](Cc1ccccc1)N1C(=O)[C@@H]2[C@@H](C1=O)C1(Cl)c3ccccc3C2(Cl)c2ccccc21. The predicted molar refractivity (Wildman–Crippen MR) is 160 cm³/mol. The summed E-state index contributed by atoms with van der Waals surface area (Å²) in [6, 6.07) is 29.8. The number of esters is 1. The lowest BCUT2D eigenvalue weighted by Crippen LogP contribution is -2.57. The number of amides is 2. The maximum absolute atomic E-state index is 14.5. The molecule has 1 aliphatic heterocycles. The summed E-state index contributed by atoms with van der Waals surface area (Å²) in [4.78, 5) is 41.2. The maximum atomic E-state index is 14.5. The first kappa shape index (κ1) is 27.2. The van der Waals surface area contributed by atoms with E-state index in [-0.39, 0.29) is 13.0 Å². The van der Waals surface area contributed by atoms with Gasteiger partial charge in [0.15, 0.2) is 0 Å². The van der Waals surface area contributed by atoms with Gasteiger partial charge < -0.3 is 4.74 Å². The van der Waals surface area contributed by atoms with Crippen LogP contribution in [0.25, 0.3) is 0 Å². The third-order valence-electron chi connectivity index (χ3n) is 8.77. The van der Waals surface area contributed by atoms with Gasteiger partial charge >= 0.3 is 5.97 Å². The van der Waals surface area contributed by atoms with Crippen LogP contribution in [0.3, 0.4) is 0 Å². The first-order chi connectivity index (χ1) is 20.3. The minimum atomic E-state index is -1.33. The number of alkyl halides is 2. The molecule has 3 aliphatic carbocycles. The molecule has 3 atom stereocenters. The summed E-state index contributed by atoms with van der Waals surface area (Å²) in [5.41, 5.74) is 4.31. The third-order valence-corrected chi connectivity index (χ3v) is 10.3. The van der Waals surface area contributed by atoms with Crippen LogP contribution in [-0.2, 0) is 41.9 Å². The van der Waals surface area contributed by atoms with Gasteiger partial charge in [-0.1, -0.05) is 103 Å². The van der Waals surface area contributed by atoms with Gasteiger partial charge in [0.05, 0.1) is 11.8 Å². The van der Waals surface area contributed by atoms with E-state index in [4.69, 9.17) is 39.5 Å². The highest BCUT2D eigenvalue weighted by Crippen LogP contribution is 2.69. The fourth-order valence-corrected chi connectivity index (χ4v) is 8.17. The van der Waals surface area contributed by atoms with Gasteiger partial charge in [0.25, 0.3) is 0 Å². The van der Waals surface area contributed by atoms with Crippen LogP contribution in [0.1, 0.15) is 33.4 Å². The van der Waals surface area contributed by atoms with Gasteiger partial charge in [0.1, 0.15) is 22.4 Å². The molecule has 8 rings (SSSR count). The van der Waals surface area contributed by atoms with Crippen molar-refractivity contribution in [2.75, 3.05) is 0 Å². The molecule has 2 amide bonds. The van der Waals surface area contributed by atoms with Crippen LogP contribution < -0.4 is 0 Å². The molecular formula is C34H24Cl3NO4. The van der Waals surface area contributed by atoms with E-state index >= 15 is 0 Å². The first-order valence-corrected chi connectivity index (χ1v) is 14.8. The number of benzene rings is 4. The lowest BCUT2D eigenvalue weighted by atomic mass is 9.54. The Morgan fingerprint density at radius 3 is 1.62 bits per heavy atom. The van der Waals surface area contributed by atoms with Crippen molar-refractivity contribution < 1.29 is 19.1 Å². The van der Waals surface area contributed by atoms with Crippen molar-refractivity contribution in [2.24, 2.45) is 11.8 Å². The fourth-order valence-electron chi connectivity index (χ4n) is 6.94. The maximum Gasteiger partial charge on any atom is 0.330 e. The zero-order valence-corrected chi connectivity index (χ0v) is 24.4. The normalized spacial score (nSPS) is 25.9. The van der Waals surface area contributed by atoms with Gasteiger partial charge in [-0.15, -0.1) is 23.2 Å². The molecule has 0 unspecified atom stereocenters. The fraction of sp³-hybridized carbons (Fsp3) is 0.206. The van der Waals surface area contributed by atoms with Crippen molar-refractivity contribution in [3.05, 3.63) is 142 Å². The highest BCUT2D eigenvalue weighted by molar-refractivity contribution is 6.36. The molecule has 5 nitrogen and oxygen atoms in total. The lowest BCUT2D eigenvalue weighted by Gasteiger charge is -2.54. The molecule has 8 heteroatoms. The van der Waals surface area contributed by atoms with Crippen LogP contribution in [0, 0.1) is 11.8 Å². The number of carbonyl (C=O) groups is 3. The summed E-state index contributed by atoms with van der Waals surface area (Å²) in [6.45, 7) is -0.0415. The Bertz CT molecular complexity index is 1620. The number of rotatable bonds is 6. The predicted octanol–water partition coefficient (Wildman–Crippen LogP) is 6.59. The Hall–Kier alpha value is -3.64. The molecule has 0 N–H and O–H groups in total. The molecule has 1 heterocycles.